The van der Waals surface area contributed by atoms with Crippen LogP contribution >= 0.6 is 0 Å². The van der Waals surface area contributed by atoms with E-state index in [2.05, 4.69) is 5.32 Å². The third kappa shape index (κ3) is 3.06. The van der Waals surface area contributed by atoms with Crippen LogP contribution in [0.4, 0.5) is 4.39 Å². The average molecular weight is 325 g/mol. The number of hydrogen-bond donors (Lipinski definition) is 1. The van der Waals surface area contributed by atoms with E-state index in [-0.39, 0.29) is 25.4 Å². The molecule has 24 heavy (non-hydrogen) atoms. The van der Waals surface area contributed by atoms with Gasteiger partial charge in [0, 0.05) is 12.0 Å². The molecule has 5 nitrogen and oxygen atoms in total. The summed E-state index contributed by atoms with van der Waals surface area (Å²) in [7, 11) is 0. The van der Waals surface area contributed by atoms with E-state index in [1.54, 1.807) is 12.1 Å². The number of nitrogens with zero attached hydrogens (tertiary/aromatic N) is 2. The summed E-state index contributed by atoms with van der Waals surface area (Å²) in [5.74, 6) is -0.820. The molecule has 0 radical (unpaired) electrons. The lowest BCUT2D eigenvalue weighted by Crippen LogP contribution is -2.42. The number of nitriles is 1. The summed E-state index contributed by atoms with van der Waals surface area (Å²) < 4.78 is 13.4. The van der Waals surface area contributed by atoms with Crippen LogP contribution in [0.2, 0.25) is 0 Å². The predicted molar refractivity (Wildman–Crippen MR) is 86.9 cm³/mol. The standard InChI is InChI=1S/C18H16FN3O2/c19-13-8-14(9-20)22(11-13)17(23)10-21-18(24)16-7-3-5-12-4-1-2-6-15(12)16/h1-7,13-14H,8,10-11H2,(H,21,24)/t13?,14-/m0/s1. The molecule has 2 aromatic carbocycles. The molecule has 3 rings (SSSR count). The zero-order valence-corrected chi connectivity index (χ0v) is 12.9. The molecule has 6 heteroatoms. The molecule has 0 saturated carbocycles. The van der Waals surface area contributed by atoms with Gasteiger partial charge in [-0.3, -0.25) is 9.59 Å². The van der Waals surface area contributed by atoms with Crippen LogP contribution in [0, 0.1) is 11.3 Å². The molecule has 1 aliphatic heterocycles. The molecule has 0 aliphatic carbocycles. The molecular weight excluding hydrogens is 309 g/mol. The molecule has 2 amide bonds. The Bertz CT molecular complexity index is 825. The van der Waals surface area contributed by atoms with E-state index in [9.17, 15) is 14.0 Å². The van der Waals surface area contributed by atoms with Crippen molar-refractivity contribution in [1.82, 2.24) is 10.2 Å². The van der Waals surface area contributed by atoms with E-state index in [0.29, 0.717) is 5.56 Å². The first-order chi connectivity index (χ1) is 11.6. The fourth-order valence-corrected chi connectivity index (χ4v) is 2.96. The maximum Gasteiger partial charge on any atom is 0.252 e. The lowest BCUT2D eigenvalue weighted by Gasteiger charge is -2.19. The number of carbonyl (C=O) groups is 2. The number of hydrogen-bond acceptors (Lipinski definition) is 3. The second-order valence-corrected chi connectivity index (χ2v) is 5.73. The van der Waals surface area contributed by atoms with Gasteiger partial charge in [0.2, 0.25) is 5.91 Å². The average Bonchev–Trinajstić information content (AvgIpc) is 3.00. The highest BCUT2D eigenvalue weighted by molar-refractivity contribution is 6.07. The van der Waals surface area contributed by atoms with Crippen molar-refractivity contribution in [3.8, 4) is 6.07 Å². The number of fused-ring (bicyclic) bond motifs is 1. The summed E-state index contributed by atoms with van der Waals surface area (Å²) in [6.07, 6.45) is -1.16. The fourth-order valence-electron chi connectivity index (χ4n) is 2.96. The first kappa shape index (κ1) is 15.9. The summed E-state index contributed by atoms with van der Waals surface area (Å²) in [5, 5.41) is 13.3. The quantitative estimate of drug-likeness (QED) is 0.938. The molecule has 0 aromatic heterocycles. The van der Waals surface area contributed by atoms with Crippen molar-refractivity contribution in [3.63, 3.8) is 0 Å². The molecule has 1 fully saturated rings. The molecule has 2 aromatic rings. The fraction of sp³-hybridized carbons (Fsp3) is 0.278. The number of amides is 2. The minimum atomic E-state index is -1.19. The first-order valence-electron chi connectivity index (χ1n) is 7.69. The smallest absolute Gasteiger partial charge is 0.252 e. The van der Waals surface area contributed by atoms with Gasteiger partial charge in [0.05, 0.1) is 19.2 Å². The zero-order chi connectivity index (χ0) is 17.1. The van der Waals surface area contributed by atoms with Crippen molar-refractivity contribution in [2.24, 2.45) is 0 Å². The lowest BCUT2D eigenvalue weighted by molar-refractivity contribution is -0.130. The summed E-state index contributed by atoms with van der Waals surface area (Å²) >= 11 is 0. The maximum atomic E-state index is 13.4. The van der Waals surface area contributed by atoms with Crippen molar-refractivity contribution in [1.29, 1.82) is 5.26 Å². The van der Waals surface area contributed by atoms with Crippen LogP contribution in [0.5, 0.6) is 0 Å². The number of halogens is 1. The highest BCUT2D eigenvalue weighted by Gasteiger charge is 2.35. The summed E-state index contributed by atoms with van der Waals surface area (Å²) in [5.41, 5.74) is 0.475. The van der Waals surface area contributed by atoms with E-state index in [4.69, 9.17) is 5.26 Å². The van der Waals surface area contributed by atoms with Crippen LogP contribution in [-0.2, 0) is 4.79 Å². The topological polar surface area (TPSA) is 73.2 Å². The predicted octanol–water partition coefficient (Wildman–Crippen LogP) is 2.03. The molecule has 0 spiro atoms. The molecular formula is C18H16FN3O2. The molecule has 1 heterocycles. The van der Waals surface area contributed by atoms with Crippen molar-refractivity contribution in [3.05, 3.63) is 48.0 Å². The molecule has 1 saturated heterocycles. The van der Waals surface area contributed by atoms with Crippen molar-refractivity contribution in [2.75, 3.05) is 13.1 Å². The largest absolute Gasteiger partial charge is 0.343 e. The Morgan fingerprint density at radius 3 is 2.79 bits per heavy atom. The first-order valence-corrected chi connectivity index (χ1v) is 7.69. The number of rotatable bonds is 3. The monoisotopic (exact) mass is 325 g/mol. The Morgan fingerprint density at radius 1 is 1.25 bits per heavy atom. The van der Waals surface area contributed by atoms with E-state index in [0.717, 1.165) is 10.8 Å². The van der Waals surface area contributed by atoms with Gasteiger partial charge in [0.15, 0.2) is 0 Å². The molecule has 1 unspecified atom stereocenters. The Hall–Kier alpha value is -2.94. The van der Waals surface area contributed by atoms with Crippen molar-refractivity contribution < 1.29 is 14.0 Å². The number of likely N-dealkylation sites (tertiary alicyclic amines) is 1. The van der Waals surface area contributed by atoms with Crippen LogP contribution in [0.25, 0.3) is 10.8 Å². The Kier molecular flexibility index (Phi) is 4.43. The van der Waals surface area contributed by atoms with E-state index >= 15 is 0 Å². The van der Waals surface area contributed by atoms with Gasteiger partial charge in [-0.25, -0.2) is 4.39 Å². The van der Waals surface area contributed by atoms with Crippen LogP contribution in [-0.4, -0.2) is 42.0 Å². The van der Waals surface area contributed by atoms with E-state index in [1.807, 2.05) is 36.4 Å². The second-order valence-electron chi connectivity index (χ2n) is 5.73. The molecule has 0 bridgehead atoms. The summed E-state index contributed by atoms with van der Waals surface area (Å²) in [6.45, 7) is -0.353. The van der Waals surface area contributed by atoms with Gasteiger partial charge in [-0.2, -0.15) is 5.26 Å². The third-order valence-corrected chi connectivity index (χ3v) is 4.15. The normalized spacial score (nSPS) is 19.9. The number of alkyl halides is 1. The van der Waals surface area contributed by atoms with Crippen LogP contribution in [0.3, 0.4) is 0 Å². The highest BCUT2D eigenvalue weighted by Crippen LogP contribution is 2.20. The van der Waals surface area contributed by atoms with Gasteiger partial charge in [-0.1, -0.05) is 36.4 Å². The number of carbonyl (C=O) groups excluding carboxylic acids is 2. The minimum Gasteiger partial charge on any atom is -0.343 e. The highest BCUT2D eigenvalue weighted by atomic mass is 19.1. The Balaban J connectivity index is 1.69. The third-order valence-electron chi connectivity index (χ3n) is 4.15. The van der Waals surface area contributed by atoms with E-state index in [1.165, 1.54) is 4.90 Å². The second kappa shape index (κ2) is 6.67. The van der Waals surface area contributed by atoms with Gasteiger partial charge in [-0.05, 0) is 16.8 Å². The molecule has 122 valence electrons. The van der Waals surface area contributed by atoms with Crippen LogP contribution in [0.1, 0.15) is 16.8 Å². The van der Waals surface area contributed by atoms with Gasteiger partial charge in [-0.15, -0.1) is 0 Å². The zero-order valence-electron chi connectivity index (χ0n) is 12.9. The Labute approximate surface area is 138 Å². The molecule has 2 atom stereocenters. The Morgan fingerprint density at radius 2 is 2.00 bits per heavy atom. The lowest BCUT2D eigenvalue weighted by atomic mass is 10.0. The van der Waals surface area contributed by atoms with Crippen molar-refractivity contribution >= 4 is 22.6 Å². The number of nitrogens with one attached hydrogen (secondary N) is 1. The number of benzene rings is 2. The maximum absolute atomic E-state index is 13.4. The van der Waals surface area contributed by atoms with E-state index < -0.39 is 18.1 Å². The molecule has 1 N–H and O–H groups in total. The van der Waals surface area contributed by atoms with Gasteiger partial charge in [0.25, 0.3) is 5.91 Å². The van der Waals surface area contributed by atoms with Gasteiger partial charge < -0.3 is 10.2 Å². The van der Waals surface area contributed by atoms with Crippen LogP contribution in [0.15, 0.2) is 42.5 Å². The SMILES string of the molecule is N#C[C@@H]1CC(F)CN1C(=O)CNC(=O)c1cccc2ccccc12. The molecule has 1 aliphatic rings. The summed E-state index contributed by atoms with van der Waals surface area (Å²) in [4.78, 5) is 25.7. The summed E-state index contributed by atoms with van der Waals surface area (Å²) in [6, 6.07) is 14.0. The minimum absolute atomic E-state index is 0.0273. The van der Waals surface area contributed by atoms with Gasteiger partial charge >= 0.3 is 0 Å². The van der Waals surface area contributed by atoms with Crippen molar-refractivity contribution in [2.45, 2.75) is 18.6 Å². The van der Waals surface area contributed by atoms with Gasteiger partial charge in [0.1, 0.15) is 12.2 Å². The van der Waals surface area contributed by atoms with Crippen LogP contribution < -0.4 is 5.32 Å².